The van der Waals surface area contributed by atoms with Crippen LogP contribution in [0.1, 0.15) is 99.8 Å². The predicted molar refractivity (Wildman–Crippen MR) is 170 cm³/mol. The summed E-state index contributed by atoms with van der Waals surface area (Å²) in [4.78, 5) is 55.3. The molecule has 4 saturated carbocycles. The highest BCUT2D eigenvalue weighted by Gasteiger charge is 2.72. The van der Waals surface area contributed by atoms with Gasteiger partial charge in [-0.05, 0) is 139 Å². The zero-order chi connectivity index (χ0) is 39.1. The molecular weight excluding hydrogens is 702 g/mol. The molecule has 13 unspecified atom stereocenters. The van der Waals surface area contributed by atoms with Gasteiger partial charge in [0.05, 0.1) is 22.7 Å². The van der Waals surface area contributed by atoms with Gasteiger partial charge in [-0.3, -0.25) is 19.2 Å². The molecule has 5 aliphatic rings. The van der Waals surface area contributed by atoms with Crippen molar-refractivity contribution in [1.82, 2.24) is 0 Å². The number of carbonyl (C=O) groups excluding carboxylic acids is 4. The van der Waals surface area contributed by atoms with E-state index in [-0.39, 0.29) is 49.4 Å². The summed E-state index contributed by atoms with van der Waals surface area (Å²) in [6, 6.07) is 0. The number of aliphatic hydroxyl groups excluding tert-OH is 1. The Balaban J connectivity index is 1.52. The third kappa shape index (κ3) is 6.87. The fourth-order valence-electron chi connectivity index (χ4n) is 11.7. The molecule has 5 fully saturated rings. The van der Waals surface area contributed by atoms with Crippen LogP contribution in [0.2, 0.25) is 0 Å². The van der Waals surface area contributed by atoms with Crippen LogP contribution >= 0.6 is 0 Å². The van der Waals surface area contributed by atoms with Crippen molar-refractivity contribution in [1.29, 1.82) is 0 Å². The van der Waals surface area contributed by atoms with Gasteiger partial charge in [0.15, 0.2) is 6.79 Å². The standard InChI is InChI=1S/C37H52F6O9/c1-17-21-11-22(13-35(49,36(38,39)40)37(41,42)43)23(12-21)25(17)26-24(28(45)51-29(26)46)14-33(6,30(47)52-32(3,4)5)15-34(7,31(48)50-16-44)27-18(2)19-8-9-20(27)10-19/h17-27,44,49H,8-16H2,1-7H3. The molecular formula is C37H52F6O9. The topological polar surface area (TPSA) is 136 Å². The van der Waals surface area contributed by atoms with Gasteiger partial charge in [-0.15, -0.1) is 0 Å². The number of halogens is 6. The first-order valence-electron chi connectivity index (χ1n) is 18.3. The van der Waals surface area contributed by atoms with E-state index in [9.17, 15) is 55.7 Å². The fourth-order valence-corrected chi connectivity index (χ4v) is 11.7. The highest BCUT2D eigenvalue weighted by Crippen LogP contribution is 2.64. The van der Waals surface area contributed by atoms with Gasteiger partial charge in [-0.1, -0.05) is 13.8 Å². The molecule has 1 heterocycles. The first-order chi connectivity index (χ1) is 23.7. The monoisotopic (exact) mass is 754 g/mol. The minimum atomic E-state index is -6.01. The Kier molecular flexibility index (Phi) is 10.5. The summed E-state index contributed by atoms with van der Waals surface area (Å²) < 4.78 is 98.8. The van der Waals surface area contributed by atoms with E-state index in [1.807, 2.05) is 6.92 Å². The second-order valence-electron chi connectivity index (χ2n) is 18.2. The Morgan fingerprint density at radius 3 is 1.90 bits per heavy atom. The molecule has 1 aliphatic heterocycles. The maximum Gasteiger partial charge on any atom is 0.426 e. The van der Waals surface area contributed by atoms with Crippen molar-refractivity contribution in [3.8, 4) is 0 Å². The summed E-state index contributed by atoms with van der Waals surface area (Å²) in [6.07, 6.45) is -11.3. The van der Waals surface area contributed by atoms with E-state index < -0.39 is 107 Å². The third-order valence-corrected chi connectivity index (χ3v) is 13.8. The largest absolute Gasteiger partial charge is 0.460 e. The van der Waals surface area contributed by atoms with Crippen molar-refractivity contribution in [3.63, 3.8) is 0 Å². The quantitative estimate of drug-likeness (QED) is 0.0771. The van der Waals surface area contributed by atoms with E-state index in [0.29, 0.717) is 5.92 Å². The van der Waals surface area contributed by atoms with E-state index in [1.165, 1.54) is 6.92 Å². The lowest BCUT2D eigenvalue weighted by molar-refractivity contribution is -0.373. The summed E-state index contributed by atoms with van der Waals surface area (Å²) in [5.74, 6) is -9.63. The van der Waals surface area contributed by atoms with Crippen molar-refractivity contribution < 1.29 is 69.9 Å². The summed E-state index contributed by atoms with van der Waals surface area (Å²) in [5.41, 5.74) is -9.00. The summed E-state index contributed by atoms with van der Waals surface area (Å²) in [5, 5.41) is 19.7. The third-order valence-electron chi connectivity index (χ3n) is 13.8. The average molecular weight is 755 g/mol. The molecule has 0 radical (unpaired) electrons. The Morgan fingerprint density at radius 2 is 1.40 bits per heavy atom. The number of esters is 4. The highest BCUT2D eigenvalue weighted by atomic mass is 19.4. The van der Waals surface area contributed by atoms with E-state index in [1.54, 1.807) is 34.6 Å². The maximum atomic E-state index is 14.3. The van der Waals surface area contributed by atoms with Gasteiger partial charge < -0.3 is 24.4 Å². The first-order valence-corrected chi connectivity index (χ1v) is 18.3. The molecule has 0 aromatic heterocycles. The second-order valence-corrected chi connectivity index (χ2v) is 18.2. The number of hydrogen-bond donors (Lipinski definition) is 2. The van der Waals surface area contributed by atoms with Crippen molar-refractivity contribution in [2.45, 2.75) is 123 Å². The van der Waals surface area contributed by atoms with Crippen LogP contribution in [-0.4, -0.2) is 64.4 Å². The Labute approximate surface area is 299 Å². The lowest BCUT2D eigenvalue weighted by atomic mass is 9.57. The van der Waals surface area contributed by atoms with Gasteiger partial charge in [0.1, 0.15) is 5.60 Å². The molecule has 0 spiro atoms. The Morgan fingerprint density at radius 1 is 0.808 bits per heavy atom. The van der Waals surface area contributed by atoms with E-state index in [4.69, 9.17) is 14.2 Å². The molecule has 4 aliphatic carbocycles. The van der Waals surface area contributed by atoms with E-state index >= 15 is 0 Å². The molecule has 0 aromatic carbocycles. The maximum absolute atomic E-state index is 14.3. The summed E-state index contributed by atoms with van der Waals surface area (Å²) >= 11 is 0. The number of aliphatic hydroxyl groups is 2. The average Bonchev–Trinajstić information content (AvgIpc) is 3.80. The lowest BCUT2D eigenvalue weighted by Gasteiger charge is -2.46. The van der Waals surface area contributed by atoms with Gasteiger partial charge in [-0.25, -0.2) is 0 Å². The minimum absolute atomic E-state index is 0.0279. The summed E-state index contributed by atoms with van der Waals surface area (Å²) in [7, 11) is 0. The summed E-state index contributed by atoms with van der Waals surface area (Å²) in [6.45, 7) is 11.0. The van der Waals surface area contributed by atoms with Crippen LogP contribution in [0.15, 0.2) is 0 Å². The smallest absolute Gasteiger partial charge is 0.426 e. The van der Waals surface area contributed by atoms with Crippen LogP contribution in [-0.2, 0) is 33.4 Å². The van der Waals surface area contributed by atoms with Crippen molar-refractivity contribution in [2.24, 2.45) is 75.9 Å². The molecule has 2 N–H and O–H groups in total. The molecule has 4 bridgehead atoms. The van der Waals surface area contributed by atoms with Crippen LogP contribution in [0, 0.1) is 75.9 Å². The lowest BCUT2D eigenvalue weighted by Crippen LogP contribution is -2.58. The molecule has 13 atom stereocenters. The fraction of sp³-hybridized carbons (Fsp3) is 0.892. The number of alkyl halides is 6. The number of ether oxygens (including phenoxy) is 3. The molecule has 0 aromatic rings. The molecule has 1 saturated heterocycles. The Bertz CT molecular complexity index is 1410. The van der Waals surface area contributed by atoms with Crippen LogP contribution < -0.4 is 0 Å². The molecule has 15 heteroatoms. The van der Waals surface area contributed by atoms with Gasteiger partial charge in [0, 0.05) is 0 Å². The molecule has 52 heavy (non-hydrogen) atoms. The van der Waals surface area contributed by atoms with Crippen LogP contribution in [0.25, 0.3) is 0 Å². The highest BCUT2D eigenvalue weighted by molar-refractivity contribution is 5.97. The van der Waals surface area contributed by atoms with Gasteiger partial charge in [0.25, 0.3) is 5.60 Å². The van der Waals surface area contributed by atoms with Crippen LogP contribution in [0.3, 0.4) is 0 Å². The number of fused-ring (bicyclic) bond motifs is 4. The normalized spacial score (nSPS) is 37.2. The predicted octanol–water partition coefficient (Wildman–Crippen LogP) is 6.77. The van der Waals surface area contributed by atoms with Gasteiger partial charge in [0.2, 0.25) is 0 Å². The van der Waals surface area contributed by atoms with E-state index in [2.05, 4.69) is 0 Å². The molecule has 0 amide bonds. The number of rotatable bonds is 11. The molecule has 9 nitrogen and oxygen atoms in total. The SMILES string of the molecule is CC1C2CC(CC(O)(C(F)(F)F)C(F)(F)F)C(C2)C1C1C(=O)OC(=O)C1CC(C)(CC(C)(C(=O)OCO)C1C2CCC(C2)C1C)C(=O)OC(C)(C)C. The zero-order valence-corrected chi connectivity index (χ0v) is 30.7. The van der Waals surface area contributed by atoms with Crippen molar-refractivity contribution >= 4 is 23.9 Å². The van der Waals surface area contributed by atoms with Crippen molar-refractivity contribution in [3.05, 3.63) is 0 Å². The van der Waals surface area contributed by atoms with Gasteiger partial charge in [-0.2, -0.15) is 26.3 Å². The van der Waals surface area contributed by atoms with Crippen LogP contribution in [0.4, 0.5) is 26.3 Å². The van der Waals surface area contributed by atoms with Crippen molar-refractivity contribution in [2.75, 3.05) is 6.79 Å². The van der Waals surface area contributed by atoms with Gasteiger partial charge >= 0.3 is 36.2 Å². The zero-order valence-electron chi connectivity index (χ0n) is 30.7. The first kappa shape index (κ1) is 40.8. The molecule has 5 rings (SSSR count). The van der Waals surface area contributed by atoms with E-state index in [0.717, 1.165) is 19.3 Å². The number of cyclic esters (lactones) is 2. The Hall–Kier alpha value is -2.42. The van der Waals surface area contributed by atoms with Crippen LogP contribution in [0.5, 0.6) is 0 Å². The second kappa shape index (κ2) is 13.4. The number of carbonyl (C=O) groups is 4. The molecule has 296 valence electrons. The number of hydrogen-bond acceptors (Lipinski definition) is 9. The minimum Gasteiger partial charge on any atom is -0.460 e.